The fourth-order valence-electron chi connectivity index (χ4n) is 2.27. The molecule has 1 atom stereocenters. The van der Waals surface area contributed by atoms with Gasteiger partial charge in [0.15, 0.2) is 0 Å². The zero-order valence-electron chi connectivity index (χ0n) is 10.5. The molecule has 0 bridgehead atoms. The molecule has 2 rings (SSSR count). The Balaban J connectivity index is 2.24. The van der Waals surface area contributed by atoms with Crippen LogP contribution < -0.4 is 0 Å². The van der Waals surface area contributed by atoms with Crippen LogP contribution in [0.1, 0.15) is 17.2 Å². The number of likely N-dealkylation sites (N-methyl/N-ethyl adjacent to an activating group) is 1. The van der Waals surface area contributed by atoms with Crippen molar-refractivity contribution in [1.82, 2.24) is 9.80 Å². The highest BCUT2D eigenvalue weighted by atomic mass is 15.3. The van der Waals surface area contributed by atoms with Crippen molar-refractivity contribution in [3.8, 4) is 12.1 Å². The summed E-state index contributed by atoms with van der Waals surface area (Å²) in [5.41, 5.74) is 1.43. The molecule has 0 radical (unpaired) electrons. The predicted octanol–water partition coefficient (Wildman–Crippen LogP) is 1.37. The molecule has 18 heavy (non-hydrogen) atoms. The third-order valence-corrected chi connectivity index (χ3v) is 3.40. The van der Waals surface area contributed by atoms with Gasteiger partial charge in [0, 0.05) is 31.7 Å². The van der Waals surface area contributed by atoms with Gasteiger partial charge in [-0.2, -0.15) is 10.5 Å². The third-order valence-electron chi connectivity index (χ3n) is 3.40. The molecule has 0 spiro atoms. The van der Waals surface area contributed by atoms with Gasteiger partial charge in [-0.05, 0) is 13.1 Å². The minimum atomic E-state index is -0.311. The Hall–Kier alpha value is -1.88. The summed E-state index contributed by atoms with van der Waals surface area (Å²) >= 11 is 0. The Labute approximate surface area is 108 Å². The molecule has 0 aromatic heterocycles. The zero-order valence-corrected chi connectivity index (χ0v) is 10.5. The maximum Gasteiger partial charge on any atom is 0.125 e. The summed E-state index contributed by atoms with van der Waals surface area (Å²) < 4.78 is 0. The van der Waals surface area contributed by atoms with Gasteiger partial charge in [-0.3, -0.25) is 4.90 Å². The summed E-state index contributed by atoms with van der Waals surface area (Å²) in [6, 6.07) is 11.6. The van der Waals surface area contributed by atoms with E-state index in [0.717, 1.165) is 31.7 Å². The molecule has 0 amide bonds. The number of nitriles is 2. The topological polar surface area (TPSA) is 54.1 Å². The maximum absolute atomic E-state index is 9.40. The van der Waals surface area contributed by atoms with E-state index in [1.807, 2.05) is 18.2 Å². The van der Waals surface area contributed by atoms with Crippen LogP contribution >= 0.6 is 0 Å². The Morgan fingerprint density at radius 2 is 1.78 bits per heavy atom. The highest BCUT2D eigenvalue weighted by Gasteiger charge is 2.25. The Morgan fingerprint density at radius 1 is 1.11 bits per heavy atom. The second kappa shape index (κ2) is 5.64. The average Bonchev–Trinajstić information content (AvgIpc) is 2.42. The molecule has 0 aliphatic carbocycles. The first-order chi connectivity index (χ1) is 8.76. The number of nitrogens with zero attached hydrogens (tertiary/aromatic N) is 4. The van der Waals surface area contributed by atoms with Crippen LogP contribution in [-0.2, 0) is 0 Å². The quantitative estimate of drug-likeness (QED) is 0.783. The molecular formula is C14H16N4. The molecule has 1 aliphatic heterocycles. The van der Waals surface area contributed by atoms with Gasteiger partial charge in [-0.1, -0.05) is 18.2 Å². The van der Waals surface area contributed by atoms with E-state index in [4.69, 9.17) is 5.26 Å². The van der Waals surface area contributed by atoms with Crippen molar-refractivity contribution in [1.29, 1.82) is 10.5 Å². The van der Waals surface area contributed by atoms with Gasteiger partial charge < -0.3 is 4.90 Å². The van der Waals surface area contributed by atoms with Gasteiger partial charge in [0.05, 0.1) is 17.7 Å². The Kier molecular flexibility index (Phi) is 3.94. The summed E-state index contributed by atoms with van der Waals surface area (Å²) in [6.45, 7) is 3.67. The summed E-state index contributed by atoms with van der Waals surface area (Å²) in [4.78, 5) is 4.40. The lowest BCUT2D eigenvalue weighted by Crippen LogP contribution is -2.45. The number of benzene rings is 1. The van der Waals surface area contributed by atoms with Gasteiger partial charge in [-0.15, -0.1) is 0 Å². The van der Waals surface area contributed by atoms with E-state index in [0.29, 0.717) is 5.56 Å². The second-order valence-corrected chi connectivity index (χ2v) is 4.57. The molecule has 92 valence electrons. The van der Waals surface area contributed by atoms with E-state index in [2.05, 4.69) is 29.0 Å². The zero-order chi connectivity index (χ0) is 13.0. The third kappa shape index (κ3) is 2.51. The van der Waals surface area contributed by atoms with Gasteiger partial charge >= 0.3 is 0 Å². The van der Waals surface area contributed by atoms with Crippen LogP contribution in [0.2, 0.25) is 0 Å². The van der Waals surface area contributed by atoms with E-state index >= 15 is 0 Å². The highest BCUT2D eigenvalue weighted by molar-refractivity contribution is 5.41. The molecule has 0 N–H and O–H groups in total. The lowest BCUT2D eigenvalue weighted by Gasteiger charge is -2.35. The number of hydrogen-bond donors (Lipinski definition) is 0. The van der Waals surface area contributed by atoms with Crippen LogP contribution in [0.5, 0.6) is 0 Å². The van der Waals surface area contributed by atoms with Crippen LogP contribution in [0.3, 0.4) is 0 Å². The minimum absolute atomic E-state index is 0.311. The monoisotopic (exact) mass is 240 g/mol. The van der Waals surface area contributed by atoms with Gasteiger partial charge in [-0.25, -0.2) is 0 Å². The smallest absolute Gasteiger partial charge is 0.125 e. The van der Waals surface area contributed by atoms with E-state index in [1.165, 1.54) is 0 Å². The van der Waals surface area contributed by atoms with Crippen molar-refractivity contribution in [2.24, 2.45) is 0 Å². The molecule has 1 saturated heterocycles. The van der Waals surface area contributed by atoms with Gasteiger partial charge in [0.25, 0.3) is 0 Å². The van der Waals surface area contributed by atoms with E-state index in [9.17, 15) is 5.26 Å². The first-order valence-corrected chi connectivity index (χ1v) is 6.07. The SMILES string of the molecule is CN1CCN(C(C#N)c2ccccc2C#N)CC1. The average molecular weight is 240 g/mol. The Bertz CT molecular complexity index is 489. The molecule has 1 aliphatic rings. The van der Waals surface area contributed by atoms with Crippen LogP contribution in [-0.4, -0.2) is 43.0 Å². The Morgan fingerprint density at radius 3 is 2.39 bits per heavy atom. The van der Waals surface area contributed by atoms with E-state index in [1.54, 1.807) is 6.07 Å². The molecular weight excluding hydrogens is 224 g/mol. The molecule has 1 aromatic rings. The summed E-state index contributed by atoms with van der Waals surface area (Å²) in [5, 5.41) is 18.5. The summed E-state index contributed by atoms with van der Waals surface area (Å²) in [6.07, 6.45) is 0. The summed E-state index contributed by atoms with van der Waals surface area (Å²) in [5.74, 6) is 0. The number of piperazine rings is 1. The van der Waals surface area contributed by atoms with Crippen molar-refractivity contribution in [3.05, 3.63) is 35.4 Å². The maximum atomic E-state index is 9.40. The van der Waals surface area contributed by atoms with Crippen LogP contribution in [0.25, 0.3) is 0 Å². The molecule has 1 unspecified atom stereocenters. The van der Waals surface area contributed by atoms with Crippen molar-refractivity contribution in [2.75, 3.05) is 33.2 Å². The molecule has 0 saturated carbocycles. The first-order valence-electron chi connectivity index (χ1n) is 6.07. The van der Waals surface area contributed by atoms with Crippen LogP contribution in [0, 0.1) is 22.7 Å². The summed E-state index contributed by atoms with van der Waals surface area (Å²) in [7, 11) is 2.09. The van der Waals surface area contributed by atoms with Crippen molar-refractivity contribution >= 4 is 0 Å². The first kappa shape index (κ1) is 12.6. The molecule has 1 heterocycles. The van der Waals surface area contributed by atoms with Crippen molar-refractivity contribution in [2.45, 2.75) is 6.04 Å². The minimum Gasteiger partial charge on any atom is -0.304 e. The molecule has 4 nitrogen and oxygen atoms in total. The second-order valence-electron chi connectivity index (χ2n) is 4.57. The molecule has 1 aromatic carbocycles. The normalized spacial score (nSPS) is 18.8. The van der Waals surface area contributed by atoms with Crippen molar-refractivity contribution in [3.63, 3.8) is 0 Å². The van der Waals surface area contributed by atoms with E-state index < -0.39 is 0 Å². The highest BCUT2D eigenvalue weighted by Crippen LogP contribution is 2.24. The van der Waals surface area contributed by atoms with Crippen LogP contribution in [0.4, 0.5) is 0 Å². The fourth-order valence-corrected chi connectivity index (χ4v) is 2.27. The lowest BCUT2D eigenvalue weighted by molar-refractivity contribution is 0.132. The van der Waals surface area contributed by atoms with Crippen molar-refractivity contribution < 1.29 is 0 Å². The standard InChI is InChI=1S/C14H16N4/c1-17-6-8-18(9-7-17)14(11-16)13-5-3-2-4-12(13)10-15/h2-5,14H,6-9H2,1H3. The fraction of sp³-hybridized carbons (Fsp3) is 0.429. The number of hydrogen-bond acceptors (Lipinski definition) is 4. The van der Waals surface area contributed by atoms with E-state index in [-0.39, 0.29) is 6.04 Å². The lowest BCUT2D eigenvalue weighted by atomic mass is 10.00. The number of rotatable bonds is 2. The van der Waals surface area contributed by atoms with Gasteiger partial charge in [0.1, 0.15) is 6.04 Å². The predicted molar refractivity (Wildman–Crippen MR) is 68.6 cm³/mol. The largest absolute Gasteiger partial charge is 0.304 e. The molecule has 1 fully saturated rings. The van der Waals surface area contributed by atoms with Crippen LogP contribution in [0.15, 0.2) is 24.3 Å². The van der Waals surface area contributed by atoms with Gasteiger partial charge in [0.2, 0.25) is 0 Å². The molecule has 4 heteroatoms.